The summed E-state index contributed by atoms with van der Waals surface area (Å²) in [5, 5.41) is -0.944. The molecule has 7 heteroatoms. The molecule has 0 saturated carbocycles. The van der Waals surface area contributed by atoms with E-state index in [-0.39, 0.29) is 13.0 Å². The average molecular weight is 314 g/mol. The SMILES string of the molecule is C=CCC(=O)OCC(Cl)(Cl)C(Cl)C(Cl)Cl. The van der Waals surface area contributed by atoms with E-state index >= 15 is 0 Å². The largest absolute Gasteiger partial charge is 0.462 e. The molecule has 0 fully saturated rings. The fourth-order valence-electron chi connectivity index (χ4n) is 0.617. The zero-order chi connectivity index (χ0) is 12.1. The molecule has 0 aromatic heterocycles. The highest BCUT2D eigenvalue weighted by Gasteiger charge is 2.39. The molecule has 0 aromatic carbocycles. The third-order valence-corrected chi connectivity index (χ3v) is 3.66. The molecule has 0 saturated heterocycles. The smallest absolute Gasteiger partial charge is 0.309 e. The number of ether oxygens (including phenoxy) is 1. The maximum absolute atomic E-state index is 11.0. The predicted molar refractivity (Wildman–Crippen MR) is 65.3 cm³/mol. The number of hydrogen-bond acceptors (Lipinski definition) is 2. The number of rotatable bonds is 6. The van der Waals surface area contributed by atoms with Gasteiger partial charge >= 0.3 is 5.97 Å². The van der Waals surface area contributed by atoms with Crippen LogP contribution in [0.3, 0.4) is 0 Å². The lowest BCUT2D eigenvalue weighted by atomic mass is 10.3. The summed E-state index contributed by atoms with van der Waals surface area (Å²) in [5.41, 5.74) is 0. The third kappa shape index (κ3) is 6.08. The highest BCUT2D eigenvalue weighted by Crippen LogP contribution is 2.35. The highest BCUT2D eigenvalue weighted by atomic mass is 35.5. The Morgan fingerprint density at radius 1 is 1.40 bits per heavy atom. The number of hydrogen-bond donors (Lipinski definition) is 0. The molecular formula is C8H9Cl5O2. The van der Waals surface area contributed by atoms with E-state index in [0.717, 1.165) is 0 Å². The third-order valence-electron chi connectivity index (χ3n) is 1.36. The van der Waals surface area contributed by atoms with E-state index in [4.69, 9.17) is 62.7 Å². The minimum absolute atomic E-state index is 0.0714. The van der Waals surface area contributed by atoms with E-state index in [1.807, 2.05) is 0 Å². The quantitative estimate of drug-likeness (QED) is 0.424. The van der Waals surface area contributed by atoms with E-state index in [1.165, 1.54) is 6.08 Å². The molecule has 1 unspecified atom stereocenters. The first-order valence-corrected chi connectivity index (χ1v) is 5.94. The van der Waals surface area contributed by atoms with Crippen LogP contribution in [-0.2, 0) is 9.53 Å². The van der Waals surface area contributed by atoms with Crippen molar-refractivity contribution in [2.45, 2.75) is 21.0 Å². The van der Waals surface area contributed by atoms with Crippen LogP contribution < -0.4 is 0 Å². The maximum Gasteiger partial charge on any atom is 0.309 e. The Morgan fingerprint density at radius 2 is 1.93 bits per heavy atom. The van der Waals surface area contributed by atoms with Gasteiger partial charge in [0, 0.05) is 0 Å². The summed E-state index contributed by atoms with van der Waals surface area (Å²) >= 11 is 28.3. The highest BCUT2D eigenvalue weighted by molar-refractivity contribution is 6.56. The number of alkyl halides is 5. The molecule has 0 N–H and O–H groups in total. The van der Waals surface area contributed by atoms with Gasteiger partial charge in [0.2, 0.25) is 0 Å². The topological polar surface area (TPSA) is 26.3 Å². The Hall–Kier alpha value is 0.660. The van der Waals surface area contributed by atoms with Crippen LogP contribution in [-0.4, -0.2) is 27.1 Å². The van der Waals surface area contributed by atoms with E-state index in [2.05, 4.69) is 6.58 Å². The van der Waals surface area contributed by atoms with Crippen molar-refractivity contribution >= 4 is 64.0 Å². The Morgan fingerprint density at radius 3 is 2.33 bits per heavy atom. The molecular weight excluding hydrogens is 305 g/mol. The maximum atomic E-state index is 11.0. The van der Waals surface area contributed by atoms with Gasteiger partial charge in [-0.3, -0.25) is 4.79 Å². The van der Waals surface area contributed by atoms with Crippen molar-refractivity contribution in [1.82, 2.24) is 0 Å². The van der Waals surface area contributed by atoms with Crippen LogP contribution in [0.5, 0.6) is 0 Å². The van der Waals surface area contributed by atoms with Crippen LogP contribution in [0.15, 0.2) is 12.7 Å². The lowest BCUT2D eigenvalue weighted by Crippen LogP contribution is -2.37. The molecule has 2 nitrogen and oxygen atoms in total. The Balaban J connectivity index is 4.14. The van der Waals surface area contributed by atoms with Crippen LogP contribution >= 0.6 is 58.0 Å². The zero-order valence-electron chi connectivity index (χ0n) is 7.56. The van der Waals surface area contributed by atoms with Gasteiger partial charge < -0.3 is 4.74 Å². The van der Waals surface area contributed by atoms with E-state index in [1.54, 1.807) is 0 Å². The monoisotopic (exact) mass is 312 g/mol. The average Bonchev–Trinajstić information content (AvgIpc) is 2.14. The first-order chi connectivity index (χ1) is 6.81. The van der Waals surface area contributed by atoms with Crippen molar-refractivity contribution in [2.24, 2.45) is 0 Å². The summed E-state index contributed by atoms with van der Waals surface area (Å²) in [6.07, 6.45) is 1.47. The van der Waals surface area contributed by atoms with Gasteiger partial charge in [-0.15, -0.1) is 41.4 Å². The van der Waals surface area contributed by atoms with Crippen LogP contribution in [0.4, 0.5) is 0 Å². The lowest BCUT2D eigenvalue weighted by Gasteiger charge is -2.25. The number of carbonyl (C=O) groups excluding carboxylic acids is 1. The van der Waals surface area contributed by atoms with Gasteiger partial charge in [0.1, 0.15) is 16.8 Å². The lowest BCUT2D eigenvalue weighted by molar-refractivity contribution is -0.142. The normalized spacial score (nSPS) is 13.7. The molecule has 0 amide bonds. The summed E-state index contributed by atoms with van der Waals surface area (Å²) in [6.45, 7) is 3.09. The van der Waals surface area contributed by atoms with Gasteiger partial charge in [0.25, 0.3) is 0 Å². The van der Waals surface area contributed by atoms with E-state index in [9.17, 15) is 4.79 Å². The van der Waals surface area contributed by atoms with Crippen LogP contribution in [0, 0.1) is 0 Å². The molecule has 88 valence electrons. The Bertz CT molecular complexity index is 229. The Kier molecular flexibility index (Phi) is 7.39. The molecule has 0 spiro atoms. The fraction of sp³-hybridized carbons (Fsp3) is 0.625. The number of carbonyl (C=O) groups is 1. The van der Waals surface area contributed by atoms with Gasteiger partial charge in [-0.25, -0.2) is 0 Å². The molecule has 1 atom stereocenters. The van der Waals surface area contributed by atoms with Gasteiger partial charge in [0.05, 0.1) is 6.42 Å². The molecule has 0 aromatic rings. The second-order valence-corrected chi connectivity index (χ2v) is 5.83. The Labute approximate surface area is 113 Å². The van der Waals surface area contributed by atoms with Crippen LogP contribution in [0.25, 0.3) is 0 Å². The zero-order valence-corrected chi connectivity index (χ0v) is 11.3. The van der Waals surface area contributed by atoms with Gasteiger partial charge in [-0.2, -0.15) is 0 Å². The first-order valence-electron chi connectivity index (χ1n) is 3.88. The van der Waals surface area contributed by atoms with Crippen LogP contribution in [0.2, 0.25) is 0 Å². The predicted octanol–water partition coefficient (Wildman–Crippen LogP) is 3.69. The molecule has 0 heterocycles. The van der Waals surface area contributed by atoms with Crippen molar-refractivity contribution in [3.05, 3.63) is 12.7 Å². The standard InChI is InChI=1S/C8H9Cl5O2/c1-2-3-5(14)15-4-8(12,13)6(9)7(10)11/h2,6-7H,1,3-4H2. The van der Waals surface area contributed by atoms with Gasteiger partial charge in [0.15, 0.2) is 4.33 Å². The second-order valence-electron chi connectivity index (χ2n) is 2.65. The van der Waals surface area contributed by atoms with Crippen LogP contribution in [0.1, 0.15) is 6.42 Å². The molecule has 0 aliphatic carbocycles. The van der Waals surface area contributed by atoms with Crippen molar-refractivity contribution in [2.75, 3.05) is 6.61 Å². The second kappa shape index (κ2) is 7.08. The van der Waals surface area contributed by atoms with Gasteiger partial charge in [-0.1, -0.05) is 29.3 Å². The first kappa shape index (κ1) is 15.7. The summed E-state index contributed by atoms with van der Waals surface area (Å²) in [4.78, 5) is 10.0. The van der Waals surface area contributed by atoms with Gasteiger partial charge in [-0.05, 0) is 0 Å². The summed E-state index contributed by atoms with van der Waals surface area (Å²) in [6, 6.07) is 0. The van der Waals surface area contributed by atoms with Crippen molar-refractivity contribution in [3.8, 4) is 0 Å². The molecule has 15 heavy (non-hydrogen) atoms. The minimum atomic E-state index is -1.52. The van der Waals surface area contributed by atoms with Crippen molar-refractivity contribution in [3.63, 3.8) is 0 Å². The number of esters is 1. The fourth-order valence-corrected chi connectivity index (χ4v) is 1.73. The van der Waals surface area contributed by atoms with E-state index < -0.39 is 20.5 Å². The van der Waals surface area contributed by atoms with E-state index in [0.29, 0.717) is 0 Å². The molecule has 0 aliphatic rings. The van der Waals surface area contributed by atoms with Crippen molar-refractivity contribution in [1.29, 1.82) is 0 Å². The molecule has 0 bridgehead atoms. The summed E-state index contributed by atoms with van der Waals surface area (Å²) in [5.74, 6) is -0.500. The number of halogens is 5. The molecule has 0 aliphatic heterocycles. The minimum Gasteiger partial charge on any atom is -0.462 e. The van der Waals surface area contributed by atoms with Crippen molar-refractivity contribution < 1.29 is 9.53 Å². The molecule has 0 rings (SSSR count). The summed E-state index contributed by atoms with van der Waals surface area (Å²) < 4.78 is 3.22. The molecule has 0 radical (unpaired) electrons. The summed E-state index contributed by atoms with van der Waals surface area (Å²) in [7, 11) is 0.